The highest BCUT2D eigenvalue weighted by Gasteiger charge is 2.24. The van der Waals surface area contributed by atoms with Gasteiger partial charge in [-0.3, -0.25) is 14.5 Å². The first-order chi connectivity index (χ1) is 21.4. The molecule has 2 saturated heterocycles. The van der Waals surface area contributed by atoms with Crippen molar-refractivity contribution in [1.82, 2.24) is 34.9 Å². The quantitative estimate of drug-likeness (QED) is 0.264. The first-order valence-electron chi connectivity index (χ1n) is 14.7. The van der Waals surface area contributed by atoms with Gasteiger partial charge in [-0.2, -0.15) is 0 Å². The zero-order valence-corrected chi connectivity index (χ0v) is 25.4. The minimum Gasteiger partial charge on any atom is -0.415 e. The van der Waals surface area contributed by atoms with Crippen molar-refractivity contribution in [2.24, 2.45) is 0 Å². The lowest BCUT2D eigenvalue weighted by molar-refractivity contribution is -0.130. The van der Waals surface area contributed by atoms with Gasteiger partial charge < -0.3 is 24.9 Å². The Bertz CT molecular complexity index is 1610. The van der Waals surface area contributed by atoms with Gasteiger partial charge in [0.15, 0.2) is 5.13 Å². The second-order valence-electron chi connectivity index (χ2n) is 10.9. The van der Waals surface area contributed by atoms with Gasteiger partial charge in [-0.05, 0) is 48.7 Å². The topological polar surface area (TPSA) is 133 Å². The smallest absolute Gasteiger partial charge is 0.259 e. The van der Waals surface area contributed by atoms with E-state index in [1.165, 1.54) is 17.4 Å². The van der Waals surface area contributed by atoms with E-state index in [9.17, 15) is 9.59 Å². The number of thiazole rings is 1. The van der Waals surface area contributed by atoms with E-state index in [2.05, 4.69) is 43.4 Å². The van der Waals surface area contributed by atoms with Crippen LogP contribution in [-0.2, 0) is 16.1 Å². The van der Waals surface area contributed by atoms with Crippen molar-refractivity contribution >= 4 is 39.9 Å². The lowest BCUT2D eigenvalue weighted by Crippen LogP contribution is -2.47. The average molecular weight is 614 g/mol. The van der Waals surface area contributed by atoms with Crippen molar-refractivity contribution in [2.75, 3.05) is 49.9 Å². The molecule has 0 spiro atoms. The van der Waals surface area contributed by atoms with Crippen LogP contribution in [0, 0.1) is 0 Å². The van der Waals surface area contributed by atoms with Crippen LogP contribution in [0.5, 0.6) is 0 Å². The SMILES string of the molecule is C=CC(=O)N1CCC[C@H](Nc2cc(CN3CCN(C(C)=O)CC3)cc(Nc3ncc(-c4nnc(-c5ccccc5)o4)s3)n2)C1. The highest BCUT2D eigenvalue weighted by Crippen LogP contribution is 2.32. The van der Waals surface area contributed by atoms with Gasteiger partial charge in [0.25, 0.3) is 5.89 Å². The number of pyridine rings is 1. The highest BCUT2D eigenvalue weighted by atomic mass is 32.1. The third kappa shape index (κ3) is 7.12. The van der Waals surface area contributed by atoms with E-state index in [1.807, 2.05) is 46.2 Å². The number of aromatic nitrogens is 4. The number of likely N-dealkylation sites (tertiary alicyclic amines) is 1. The molecular formula is C31H35N9O3S. The molecule has 2 amide bonds. The third-order valence-corrected chi connectivity index (χ3v) is 8.67. The number of rotatable bonds is 9. The van der Waals surface area contributed by atoms with Crippen molar-refractivity contribution < 1.29 is 14.0 Å². The molecule has 0 bridgehead atoms. The van der Waals surface area contributed by atoms with Gasteiger partial charge >= 0.3 is 0 Å². The predicted octanol–water partition coefficient (Wildman–Crippen LogP) is 4.25. The average Bonchev–Trinajstić information content (AvgIpc) is 3.72. The van der Waals surface area contributed by atoms with Gasteiger partial charge in [0.2, 0.25) is 17.7 Å². The van der Waals surface area contributed by atoms with Crippen LogP contribution in [0.1, 0.15) is 25.3 Å². The van der Waals surface area contributed by atoms with E-state index in [0.717, 1.165) is 73.9 Å². The Morgan fingerprint density at radius 3 is 2.59 bits per heavy atom. The van der Waals surface area contributed by atoms with Crippen LogP contribution in [0.25, 0.3) is 22.2 Å². The largest absolute Gasteiger partial charge is 0.415 e. The van der Waals surface area contributed by atoms with E-state index in [1.54, 1.807) is 13.1 Å². The zero-order valence-electron chi connectivity index (χ0n) is 24.6. The second-order valence-corrected chi connectivity index (χ2v) is 12.0. The summed E-state index contributed by atoms with van der Waals surface area (Å²) in [4.78, 5) is 40.2. The standard InChI is InChI=1S/C31H35N9O3S/c1-3-28(42)40-11-7-10-24(20-40)33-26-16-22(19-38-12-14-39(15-13-38)21(2)41)17-27(34-26)35-31-32-18-25(44-31)30-37-36-29(43-30)23-8-5-4-6-9-23/h3-6,8-9,16-18,24H,1,7,10-15,19-20H2,2H3,(H2,32,33,34,35)/t24-/m0/s1. The summed E-state index contributed by atoms with van der Waals surface area (Å²) in [6.07, 6.45) is 4.92. The first kappa shape index (κ1) is 29.5. The maximum Gasteiger partial charge on any atom is 0.259 e. The molecule has 0 unspecified atom stereocenters. The van der Waals surface area contributed by atoms with Crippen LogP contribution in [-0.4, -0.2) is 92.0 Å². The molecule has 1 atom stereocenters. The minimum absolute atomic E-state index is 0.0537. The Labute approximate surface area is 259 Å². The lowest BCUT2D eigenvalue weighted by atomic mass is 10.1. The molecule has 5 heterocycles. The molecule has 6 rings (SSSR count). The Morgan fingerprint density at radius 2 is 1.82 bits per heavy atom. The molecule has 3 aromatic heterocycles. The van der Waals surface area contributed by atoms with Crippen LogP contribution < -0.4 is 10.6 Å². The van der Waals surface area contributed by atoms with Gasteiger partial charge in [-0.15, -0.1) is 10.2 Å². The molecule has 2 aliphatic heterocycles. The van der Waals surface area contributed by atoms with E-state index in [4.69, 9.17) is 9.40 Å². The molecule has 228 valence electrons. The fourth-order valence-electron chi connectivity index (χ4n) is 5.49. The number of amides is 2. The van der Waals surface area contributed by atoms with Crippen molar-refractivity contribution in [1.29, 1.82) is 0 Å². The van der Waals surface area contributed by atoms with Crippen LogP contribution in [0.2, 0.25) is 0 Å². The summed E-state index contributed by atoms with van der Waals surface area (Å²) >= 11 is 1.40. The number of piperidine rings is 1. The van der Waals surface area contributed by atoms with Gasteiger partial charge in [0.05, 0.1) is 6.20 Å². The summed E-state index contributed by atoms with van der Waals surface area (Å²) in [6.45, 7) is 10.3. The van der Waals surface area contributed by atoms with Crippen molar-refractivity contribution in [3.05, 3.63) is 66.9 Å². The summed E-state index contributed by atoms with van der Waals surface area (Å²) in [5, 5.41) is 16.0. The summed E-state index contributed by atoms with van der Waals surface area (Å²) in [5.74, 6) is 2.29. The normalized spacial score (nSPS) is 17.3. The first-order valence-corrected chi connectivity index (χ1v) is 15.5. The Morgan fingerprint density at radius 1 is 1.05 bits per heavy atom. The lowest BCUT2D eigenvalue weighted by Gasteiger charge is -2.34. The van der Waals surface area contributed by atoms with Crippen LogP contribution >= 0.6 is 11.3 Å². The molecule has 2 fully saturated rings. The number of nitrogens with one attached hydrogen (secondary N) is 2. The Balaban J connectivity index is 1.19. The number of hydrogen-bond donors (Lipinski definition) is 2. The zero-order chi connectivity index (χ0) is 30.5. The fraction of sp³-hybridized carbons (Fsp3) is 0.355. The van der Waals surface area contributed by atoms with E-state index in [-0.39, 0.29) is 17.9 Å². The molecule has 13 heteroatoms. The molecule has 2 N–H and O–H groups in total. The highest BCUT2D eigenvalue weighted by molar-refractivity contribution is 7.18. The molecule has 0 radical (unpaired) electrons. The van der Waals surface area contributed by atoms with Crippen molar-refractivity contribution in [3.63, 3.8) is 0 Å². The number of anilines is 3. The predicted molar refractivity (Wildman–Crippen MR) is 169 cm³/mol. The molecule has 12 nitrogen and oxygen atoms in total. The van der Waals surface area contributed by atoms with Crippen molar-refractivity contribution in [2.45, 2.75) is 32.4 Å². The number of benzene rings is 1. The monoisotopic (exact) mass is 613 g/mol. The molecule has 44 heavy (non-hydrogen) atoms. The number of carbonyl (C=O) groups is 2. The second kappa shape index (κ2) is 13.3. The van der Waals surface area contributed by atoms with Crippen LogP contribution in [0.3, 0.4) is 0 Å². The maximum absolute atomic E-state index is 12.2. The number of piperazine rings is 1. The summed E-state index contributed by atoms with van der Waals surface area (Å²) in [6, 6.07) is 13.8. The van der Waals surface area contributed by atoms with Gasteiger partial charge in [0, 0.05) is 64.3 Å². The van der Waals surface area contributed by atoms with Gasteiger partial charge in [-0.1, -0.05) is 36.1 Å². The van der Waals surface area contributed by atoms with Gasteiger partial charge in [-0.25, -0.2) is 9.97 Å². The molecule has 1 aromatic carbocycles. The maximum atomic E-state index is 12.2. The summed E-state index contributed by atoms with van der Waals surface area (Å²) in [7, 11) is 0. The summed E-state index contributed by atoms with van der Waals surface area (Å²) in [5.41, 5.74) is 1.94. The van der Waals surface area contributed by atoms with E-state index < -0.39 is 0 Å². The molecular weight excluding hydrogens is 578 g/mol. The van der Waals surface area contributed by atoms with Crippen LogP contribution in [0.15, 0.2) is 65.7 Å². The van der Waals surface area contributed by atoms with Gasteiger partial charge in [0.1, 0.15) is 16.5 Å². The molecule has 0 saturated carbocycles. The Hall–Kier alpha value is -4.62. The molecule has 0 aliphatic carbocycles. The van der Waals surface area contributed by atoms with E-state index in [0.29, 0.717) is 29.3 Å². The summed E-state index contributed by atoms with van der Waals surface area (Å²) < 4.78 is 5.91. The molecule has 2 aliphatic rings. The van der Waals surface area contributed by atoms with Crippen molar-refractivity contribution in [3.8, 4) is 22.2 Å². The minimum atomic E-state index is -0.0537. The molecule has 4 aromatic rings. The number of nitrogens with zero attached hydrogens (tertiary/aromatic N) is 7. The van der Waals surface area contributed by atoms with E-state index >= 15 is 0 Å². The number of carbonyl (C=O) groups excluding carboxylic acids is 2. The Kier molecular flexibility index (Phi) is 8.94. The third-order valence-electron chi connectivity index (χ3n) is 7.77. The van der Waals surface area contributed by atoms with Crippen LogP contribution in [0.4, 0.5) is 16.8 Å². The fourth-order valence-corrected chi connectivity index (χ4v) is 6.23. The number of hydrogen-bond acceptors (Lipinski definition) is 11.